The van der Waals surface area contributed by atoms with E-state index in [2.05, 4.69) is 37.0 Å². The quantitative estimate of drug-likeness (QED) is 0.317. The zero-order valence-electron chi connectivity index (χ0n) is 11.6. The molecule has 0 aromatic rings. The maximum atomic E-state index is 12.4. The normalized spacial score (nSPS) is 49.4. The molecule has 106 valence electrons. The van der Waals surface area contributed by atoms with Gasteiger partial charge in [-0.3, -0.25) is 4.79 Å². The third-order valence-electron chi connectivity index (χ3n) is 6.39. The van der Waals surface area contributed by atoms with Gasteiger partial charge in [0.1, 0.15) is 6.11 Å². The second-order valence-corrected chi connectivity index (χ2v) is 7.09. The van der Waals surface area contributed by atoms with Gasteiger partial charge in [0.05, 0.1) is 5.41 Å². The Labute approximate surface area is 122 Å². The summed E-state index contributed by atoms with van der Waals surface area (Å²) < 4.78 is 5.09. The maximum absolute atomic E-state index is 12.4. The number of hydrogen-bond acceptors (Lipinski definition) is 2. The predicted octanol–water partition coefficient (Wildman–Crippen LogP) is 3.10. The molecule has 4 aliphatic rings. The van der Waals surface area contributed by atoms with Gasteiger partial charge in [-0.25, -0.2) is 0 Å². The van der Waals surface area contributed by atoms with E-state index < -0.39 is 0 Å². The van der Waals surface area contributed by atoms with Crippen LogP contribution in [-0.4, -0.2) is 5.97 Å². The topological polar surface area (TPSA) is 26.3 Å². The molecule has 0 heterocycles. The number of fused-ring (bicyclic) bond motifs is 9. The second kappa shape index (κ2) is 3.92. The van der Waals surface area contributed by atoms with Crippen molar-refractivity contribution in [1.82, 2.24) is 0 Å². The van der Waals surface area contributed by atoms with Crippen LogP contribution in [0.15, 0.2) is 12.2 Å². The standard InChI is InChI=1S/C18H18O2.2H2/c1-3-4-7-20-17(19)18(2)10-13-9-14(18)16-12-6-5-11(8-12)15(13)16;;/h1,5-6,11-16H,8-10H2,2H3;2*1H. The van der Waals surface area contributed by atoms with E-state index >= 15 is 0 Å². The number of hydrogen-bond donors (Lipinski definition) is 0. The van der Waals surface area contributed by atoms with Gasteiger partial charge in [-0.1, -0.05) is 12.2 Å². The Morgan fingerprint density at radius 1 is 1.35 bits per heavy atom. The van der Waals surface area contributed by atoms with Crippen molar-refractivity contribution in [3.8, 4) is 24.4 Å². The molecular weight excluding hydrogens is 248 g/mol. The lowest BCUT2D eigenvalue weighted by Gasteiger charge is -2.41. The summed E-state index contributed by atoms with van der Waals surface area (Å²) in [4.78, 5) is 12.4. The van der Waals surface area contributed by atoms with E-state index in [0.29, 0.717) is 23.7 Å². The summed E-state index contributed by atoms with van der Waals surface area (Å²) in [6.07, 6.45) is 15.7. The molecule has 4 aliphatic carbocycles. The number of carbonyl (C=O) groups is 1. The van der Waals surface area contributed by atoms with Crippen molar-refractivity contribution >= 4 is 5.97 Å². The van der Waals surface area contributed by atoms with E-state index in [-0.39, 0.29) is 14.2 Å². The van der Waals surface area contributed by atoms with Gasteiger partial charge < -0.3 is 4.74 Å². The summed E-state index contributed by atoms with van der Waals surface area (Å²) in [5, 5.41) is 0. The third-order valence-corrected chi connectivity index (χ3v) is 6.39. The van der Waals surface area contributed by atoms with E-state index in [1.54, 1.807) is 0 Å². The number of rotatable bonds is 1. The van der Waals surface area contributed by atoms with E-state index in [1.807, 2.05) is 0 Å². The number of allylic oxidation sites excluding steroid dienone is 2. The highest BCUT2D eigenvalue weighted by Gasteiger charge is 2.67. The van der Waals surface area contributed by atoms with Crippen LogP contribution < -0.4 is 0 Å². The minimum absolute atomic E-state index is 0. The molecule has 2 heteroatoms. The first-order valence-corrected chi connectivity index (χ1v) is 7.50. The molecule has 0 spiro atoms. The monoisotopic (exact) mass is 270 g/mol. The van der Waals surface area contributed by atoms with Crippen LogP contribution in [-0.2, 0) is 9.53 Å². The van der Waals surface area contributed by atoms with Crippen LogP contribution >= 0.6 is 0 Å². The van der Waals surface area contributed by atoms with Crippen LogP contribution in [0, 0.1) is 65.3 Å². The molecule has 0 aromatic carbocycles. The zero-order valence-corrected chi connectivity index (χ0v) is 11.6. The van der Waals surface area contributed by atoms with Crippen molar-refractivity contribution in [2.75, 3.05) is 0 Å². The van der Waals surface area contributed by atoms with E-state index in [9.17, 15) is 4.79 Å². The second-order valence-electron chi connectivity index (χ2n) is 7.09. The molecule has 0 aliphatic heterocycles. The van der Waals surface area contributed by atoms with Crippen molar-refractivity contribution in [3.05, 3.63) is 12.2 Å². The van der Waals surface area contributed by atoms with Gasteiger partial charge in [0, 0.05) is 8.77 Å². The molecule has 4 bridgehead atoms. The Balaban J connectivity index is 0.000000882. The molecule has 20 heavy (non-hydrogen) atoms. The molecule has 0 amide bonds. The lowest BCUT2D eigenvalue weighted by atomic mass is 9.63. The van der Waals surface area contributed by atoms with Crippen LogP contribution in [0.1, 0.15) is 29.0 Å². The predicted molar refractivity (Wildman–Crippen MR) is 79.0 cm³/mol. The summed E-state index contributed by atoms with van der Waals surface area (Å²) in [7, 11) is 0. The van der Waals surface area contributed by atoms with Crippen molar-refractivity contribution in [2.24, 2.45) is 40.9 Å². The summed E-state index contributed by atoms with van der Waals surface area (Å²) in [6.45, 7) is 2.07. The summed E-state index contributed by atoms with van der Waals surface area (Å²) >= 11 is 0. The van der Waals surface area contributed by atoms with Crippen molar-refractivity contribution < 1.29 is 12.4 Å². The number of esters is 1. The van der Waals surface area contributed by atoms with Crippen LogP contribution in [0.3, 0.4) is 0 Å². The van der Waals surface area contributed by atoms with Gasteiger partial charge in [-0.05, 0) is 67.6 Å². The largest absolute Gasteiger partial charge is 0.371 e. The first kappa shape index (κ1) is 12.1. The highest BCUT2D eigenvalue weighted by molar-refractivity contribution is 5.78. The lowest BCUT2D eigenvalue weighted by molar-refractivity contribution is -0.153. The molecule has 0 radical (unpaired) electrons. The third kappa shape index (κ3) is 1.35. The minimum atomic E-state index is -0.354. The lowest BCUT2D eigenvalue weighted by Crippen LogP contribution is -2.42. The Morgan fingerprint density at radius 2 is 2.10 bits per heavy atom. The smallest absolute Gasteiger partial charge is 0.326 e. The molecule has 0 N–H and O–H groups in total. The molecule has 4 rings (SSSR count). The minimum Gasteiger partial charge on any atom is -0.371 e. The summed E-state index contributed by atoms with van der Waals surface area (Å²) in [5.74, 6) is 8.53. The van der Waals surface area contributed by atoms with Crippen molar-refractivity contribution in [2.45, 2.75) is 26.2 Å². The Kier molecular flexibility index (Phi) is 2.37. The van der Waals surface area contributed by atoms with Gasteiger partial charge in [0.25, 0.3) is 0 Å². The van der Waals surface area contributed by atoms with E-state index in [0.717, 1.165) is 18.3 Å². The molecule has 3 saturated carbocycles. The first-order valence-electron chi connectivity index (χ1n) is 7.50. The summed E-state index contributed by atoms with van der Waals surface area (Å²) in [6, 6.07) is 0. The SMILES string of the molecule is C#CC#COC(=O)C1(C)CC2CC1C1C3C=CC(C3)C21.[HH].[HH]. The van der Waals surface area contributed by atoms with Crippen LogP contribution in [0.5, 0.6) is 0 Å². The molecule has 0 aromatic heterocycles. The fraction of sp³-hybridized carbons (Fsp3) is 0.611. The Hall–Kier alpha value is -1.67. The fourth-order valence-corrected chi connectivity index (χ4v) is 5.82. The Bertz CT molecular complexity index is 609. The molecule has 7 unspecified atom stereocenters. The van der Waals surface area contributed by atoms with Crippen LogP contribution in [0.4, 0.5) is 0 Å². The van der Waals surface area contributed by atoms with Gasteiger partial charge in [0.2, 0.25) is 0 Å². The van der Waals surface area contributed by atoms with Crippen molar-refractivity contribution in [3.63, 3.8) is 0 Å². The van der Waals surface area contributed by atoms with E-state index in [1.165, 1.54) is 12.8 Å². The molecule has 7 atom stereocenters. The van der Waals surface area contributed by atoms with Crippen molar-refractivity contribution in [1.29, 1.82) is 0 Å². The fourth-order valence-electron chi connectivity index (χ4n) is 5.82. The number of terminal acetylenes is 1. The molecular formula is C18H22O2. The average Bonchev–Trinajstić information content (AvgIpc) is 3.16. The Morgan fingerprint density at radius 3 is 2.85 bits per heavy atom. The highest BCUT2D eigenvalue weighted by atomic mass is 16.5. The van der Waals surface area contributed by atoms with Gasteiger partial charge in [-0.2, -0.15) is 0 Å². The van der Waals surface area contributed by atoms with Gasteiger partial charge in [0.15, 0.2) is 0 Å². The van der Waals surface area contributed by atoms with Gasteiger partial charge >= 0.3 is 5.97 Å². The number of ether oxygens (including phenoxy) is 1. The molecule has 3 fully saturated rings. The summed E-state index contributed by atoms with van der Waals surface area (Å²) in [5.41, 5.74) is -0.354. The first-order chi connectivity index (χ1) is 9.65. The highest BCUT2D eigenvalue weighted by Crippen LogP contribution is 2.70. The van der Waals surface area contributed by atoms with Gasteiger partial charge in [-0.15, -0.1) is 6.42 Å². The van der Waals surface area contributed by atoms with Crippen LogP contribution in [0.2, 0.25) is 0 Å². The number of carbonyl (C=O) groups excluding carboxylic acids is 1. The average molecular weight is 270 g/mol. The molecule has 2 nitrogen and oxygen atoms in total. The van der Waals surface area contributed by atoms with Crippen LogP contribution in [0.25, 0.3) is 0 Å². The van der Waals surface area contributed by atoms with E-state index in [4.69, 9.17) is 11.2 Å². The maximum Gasteiger partial charge on any atom is 0.326 e. The molecule has 0 saturated heterocycles. The zero-order chi connectivity index (χ0) is 13.9.